The van der Waals surface area contributed by atoms with Gasteiger partial charge in [0.2, 0.25) is 21.8 Å². The van der Waals surface area contributed by atoms with E-state index in [2.05, 4.69) is 35.8 Å². The molecule has 0 aromatic carbocycles. The molecule has 0 spiro atoms. The van der Waals surface area contributed by atoms with Crippen LogP contribution >= 0.6 is 0 Å². The summed E-state index contributed by atoms with van der Waals surface area (Å²) in [4.78, 5) is 32.2. The van der Waals surface area contributed by atoms with Gasteiger partial charge >= 0.3 is 0 Å². The van der Waals surface area contributed by atoms with E-state index < -0.39 is 27.4 Å². The Morgan fingerprint density at radius 3 is 2.14 bits per heavy atom. The number of hydrazine groups is 1. The van der Waals surface area contributed by atoms with Gasteiger partial charge in [0.05, 0.1) is 17.4 Å². The largest absolute Gasteiger partial charge is 0.390 e. The molecule has 2 amide bonds. The SMILES string of the molecule is CC#CC1CC(C(=O)NC(CC2CCCCC2)C(O)CN(CCCC)NS(=O)(=O)C(C)C)CC(C(=O)N(CCC)CCC)C1. The quantitative estimate of drug-likeness (QED) is 0.146. The van der Waals surface area contributed by atoms with E-state index in [4.69, 9.17) is 0 Å². The van der Waals surface area contributed by atoms with E-state index in [9.17, 15) is 23.1 Å². The van der Waals surface area contributed by atoms with Crippen molar-refractivity contribution in [2.24, 2.45) is 23.7 Å². The Balaban J connectivity index is 2.26. The minimum Gasteiger partial charge on any atom is -0.390 e. The number of rotatable bonds is 18. The fourth-order valence-electron chi connectivity index (χ4n) is 6.74. The summed E-state index contributed by atoms with van der Waals surface area (Å²) in [7, 11) is -3.58. The van der Waals surface area contributed by atoms with Crippen LogP contribution < -0.4 is 10.1 Å². The number of aliphatic hydroxyl groups is 1. The van der Waals surface area contributed by atoms with Crippen LogP contribution in [0, 0.1) is 35.5 Å². The number of nitrogens with zero attached hydrogens (tertiary/aromatic N) is 2. The second-order valence-electron chi connectivity index (χ2n) is 13.4. The number of sulfonamides is 1. The maximum atomic E-state index is 13.9. The maximum Gasteiger partial charge on any atom is 0.226 e. The van der Waals surface area contributed by atoms with Crippen molar-refractivity contribution >= 4 is 21.8 Å². The van der Waals surface area contributed by atoms with Gasteiger partial charge in [0.25, 0.3) is 0 Å². The summed E-state index contributed by atoms with van der Waals surface area (Å²) in [6.45, 7) is 13.2. The summed E-state index contributed by atoms with van der Waals surface area (Å²) in [5.41, 5.74) is 0. The van der Waals surface area contributed by atoms with E-state index in [1.54, 1.807) is 25.8 Å². The molecule has 254 valence electrons. The van der Waals surface area contributed by atoms with E-state index in [0.717, 1.165) is 64.5 Å². The van der Waals surface area contributed by atoms with E-state index in [1.807, 2.05) is 11.8 Å². The molecule has 0 aliphatic heterocycles. The van der Waals surface area contributed by atoms with Crippen LogP contribution in [-0.2, 0) is 19.6 Å². The van der Waals surface area contributed by atoms with Gasteiger partial charge in [-0.15, -0.1) is 16.7 Å². The van der Waals surface area contributed by atoms with Gasteiger partial charge in [-0.3, -0.25) is 9.59 Å². The summed E-state index contributed by atoms with van der Waals surface area (Å²) in [5.74, 6) is 6.00. The standard InChI is InChI=1S/C34H62N4O5S/c1-7-11-20-38(36-44(42,43)26(5)6)25-32(39)31(23-27-16-13-12-14-17-27)35-33(40)29-21-28(15-8-2)22-30(24-29)34(41)37(18-9-3)19-10-4/h26-32,36,39H,7,9-14,16-25H2,1-6H3,(H,35,40). The van der Waals surface area contributed by atoms with Gasteiger partial charge in [-0.1, -0.05) is 59.3 Å². The van der Waals surface area contributed by atoms with Gasteiger partial charge in [0.1, 0.15) is 0 Å². The first-order valence-corrected chi connectivity index (χ1v) is 19.0. The third-order valence-corrected chi connectivity index (χ3v) is 11.0. The number of carbonyl (C=O) groups excluding carboxylic acids is 2. The number of aliphatic hydroxyl groups excluding tert-OH is 1. The zero-order valence-corrected chi connectivity index (χ0v) is 29.3. The molecular weight excluding hydrogens is 576 g/mol. The number of nitrogens with one attached hydrogen (secondary N) is 2. The molecule has 5 unspecified atom stereocenters. The van der Waals surface area contributed by atoms with Crippen LogP contribution in [-0.4, -0.2) is 78.8 Å². The van der Waals surface area contributed by atoms with Crippen LogP contribution in [0.15, 0.2) is 0 Å². The van der Waals surface area contributed by atoms with Gasteiger partial charge in [-0.25, -0.2) is 13.4 Å². The van der Waals surface area contributed by atoms with Gasteiger partial charge in [0, 0.05) is 43.9 Å². The Labute approximate surface area is 268 Å². The van der Waals surface area contributed by atoms with Crippen molar-refractivity contribution in [1.82, 2.24) is 20.1 Å². The highest BCUT2D eigenvalue weighted by molar-refractivity contribution is 7.90. The van der Waals surface area contributed by atoms with Crippen LogP contribution in [0.4, 0.5) is 0 Å². The normalized spacial score (nSPS) is 22.7. The van der Waals surface area contributed by atoms with E-state index in [-0.39, 0.29) is 36.1 Å². The minimum absolute atomic E-state index is 0.0275. The lowest BCUT2D eigenvalue weighted by Crippen LogP contribution is -2.55. The Bertz CT molecular complexity index is 1030. The highest BCUT2D eigenvalue weighted by Crippen LogP contribution is 2.35. The van der Waals surface area contributed by atoms with Crippen molar-refractivity contribution in [3.63, 3.8) is 0 Å². The molecule has 0 aromatic heterocycles. The molecule has 9 nitrogen and oxygen atoms in total. The predicted octanol–water partition coefficient (Wildman–Crippen LogP) is 4.85. The monoisotopic (exact) mass is 638 g/mol. The number of hydrogen-bond donors (Lipinski definition) is 3. The molecule has 0 radical (unpaired) electrons. The number of carbonyl (C=O) groups is 2. The average molecular weight is 639 g/mol. The molecule has 0 heterocycles. The molecule has 10 heteroatoms. The van der Waals surface area contributed by atoms with Crippen LogP contribution in [0.5, 0.6) is 0 Å². The summed E-state index contributed by atoms with van der Waals surface area (Å²) in [6, 6.07) is -0.512. The van der Waals surface area contributed by atoms with Crippen molar-refractivity contribution in [2.45, 2.75) is 142 Å². The summed E-state index contributed by atoms with van der Waals surface area (Å²) >= 11 is 0. The molecule has 0 bridgehead atoms. The number of hydrogen-bond acceptors (Lipinski definition) is 6. The van der Waals surface area contributed by atoms with Crippen molar-refractivity contribution in [2.75, 3.05) is 26.2 Å². The van der Waals surface area contributed by atoms with Crippen molar-refractivity contribution < 1.29 is 23.1 Å². The van der Waals surface area contributed by atoms with Crippen molar-refractivity contribution in [1.29, 1.82) is 0 Å². The second-order valence-corrected chi connectivity index (χ2v) is 15.6. The Hall–Kier alpha value is -1.67. The molecule has 44 heavy (non-hydrogen) atoms. The van der Waals surface area contributed by atoms with Crippen molar-refractivity contribution in [3.05, 3.63) is 0 Å². The van der Waals surface area contributed by atoms with Gasteiger partial charge < -0.3 is 15.3 Å². The third kappa shape index (κ3) is 12.6. The van der Waals surface area contributed by atoms with Crippen LogP contribution in [0.1, 0.15) is 125 Å². The number of amides is 2. The summed E-state index contributed by atoms with van der Waals surface area (Å²) in [5, 5.41) is 15.8. The lowest BCUT2D eigenvalue weighted by atomic mass is 9.74. The minimum atomic E-state index is -3.58. The highest BCUT2D eigenvalue weighted by Gasteiger charge is 2.39. The molecule has 2 aliphatic carbocycles. The van der Waals surface area contributed by atoms with Crippen LogP contribution in [0.2, 0.25) is 0 Å². The molecule has 0 saturated heterocycles. The predicted molar refractivity (Wildman–Crippen MR) is 178 cm³/mol. The molecule has 3 N–H and O–H groups in total. The smallest absolute Gasteiger partial charge is 0.226 e. The Kier molecular flexibility index (Phi) is 17.3. The Morgan fingerprint density at radius 2 is 1.57 bits per heavy atom. The average Bonchev–Trinajstić information content (AvgIpc) is 2.99. The molecular formula is C34H62N4O5S. The molecule has 2 aliphatic rings. The lowest BCUT2D eigenvalue weighted by Gasteiger charge is -2.37. The summed E-state index contributed by atoms with van der Waals surface area (Å²) in [6.07, 6.45) is 10.5. The Morgan fingerprint density at radius 1 is 0.932 bits per heavy atom. The van der Waals surface area contributed by atoms with E-state index in [1.165, 1.54) is 6.42 Å². The van der Waals surface area contributed by atoms with Crippen molar-refractivity contribution in [3.8, 4) is 11.8 Å². The first kappa shape index (κ1) is 38.5. The first-order valence-electron chi connectivity index (χ1n) is 17.4. The lowest BCUT2D eigenvalue weighted by molar-refractivity contribution is -0.139. The fraction of sp³-hybridized carbons (Fsp3) is 0.882. The fourth-order valence-corrected chi connectivity index (χ4v) is 7.48. The number of unbranched alkanes of at least 4 members (excludes halogenated alkanes) is 1. The zero-order valence-electron chi connectivity index (χ0n) is 28.4. The second kappa shape index (κ2) is 19.8. The maximum absolute atomic E-state index is 13.9. The van der Waals surface area contributed by atoms with Gasteiger partial charge in [-0.05, 0) is 71.6 Å². The molecule has 2 saturated carbocycles. The van der Waals surface area contributed by atoms with E-state index >= 15 is 0 Å². The highest BCUT2D eigenvalue weighted by atomic mass is 32.2. The molecule has 2 rings (SSSR count). The van der Waals surface area contributed by atoms with Gasteiger partial charge in [0.15, 0.2) is 0 Å². The van der Waals surface area contributed by atoms with Crippen LogP contribution in [0.3, 0.4) is 0 Å². The molecule has 0 aromatic rings. The zero-order chi connectivity index (χ0) is 32.7. The third-order valence-electron chi connectivity index (χ3n) is 9.24. The first-order chi connectivity index (χ1) is 20.9. The van der Waals surface area contributed by atoms with E-state index in [0.29, 0.717) is 38.1 Å². The van der Waals surface area contributed by atoms with Gasteiger partial charge in [-0.2, -0.15) is 0 Å². The van der Waals surface area contributed by atoms with Crippen LogP contribution in [0.25, 0.3) is 0 Å². The molecule has 5 atom stereocenters. The topological polar surface area (TPSA) is 119 Å². The molecule has 2 fully saturated rings. The summed E-state index contributed by atoms with van der Waals surface area (Å²) < 4.78 is 25.4.